The first kappa shape index (κ1) is 15.9. The number of hydrogen-bond donors (Lipinski definition) is 0. The molecule has 0 aliphatic rings. The fourth-order valence-electron chi connectivity index (χ4n) is 1.23. The van der Waals surface area contributed by atoms with E-state index in [1.54, 1.807) is 0 Å². The summed E-state index contributed by atoms with van der Waals surface area (Å²) in [6.45, 7) is -0.301. The first-order chi connectivity index (χ1) is 8.66. The van der Waals surface area contributed by atoms with Crippen molar-refractivity contribution in [3.05, 3.63) is 29.0 Å². The van der Waals surface area contributed by atoms with Gasteiger partial charge in [0, 0.05) is 21.1 Å². The Morgan fingerprint density at radius 2 is 1.89 bits per heavy atom. The van der Waals surface area contributed by atoms with Crippen LogP contribution in [0.3, 0.4) is 0 Å². The summed E-state index contributed by atoms with van der Waals surface area (Å²) >= 11 is 5.55. The van der Waals surface area contributed by atoms with Gasteiger partial charge in [0.15, 0.2) is 0 Å². The van der Waals surface area contributed by atoms with Crippen LogP contribution in [0.15, 0.2) is 23.1 Å². The summed E-state index contributed by atoms with van der Waals surface area (Å²) in [7, 11) is 0.450. The molecule has 0 bridgehead atoms. The Labute approximate surface area is 116 Å². The number of halogens is 2. The fraction of sp³-hybridized carbons (Fsp3) is 0.364. The van der Waals surface area contributed by atoms with Gasteiger partial charge in [-0.05, 0) is 18.2 Å². The maximum atomic E-state index is 13.0. The van der Waals surface area contributed by atoms with Crippen molar-refractivity contribution in [3.8, 4) is 0 Å². The zero-order chi connectivity index (χ0) is 14.8. The number of rotatable bonds is 4. The average molecular weight is 309 g/mol. The third-order valence-electron chi connectivity index (χ3n) is 2.46. The Kier molecular flexibility index (Phi) is 4.89. The Morgan fingerprint density at radius 3 is 2.37 bits per heavy atom. The molecule has 1 rings (SSSR count). The van der Waals surface area contributed by atoms with Crippen LogP contribution in [0.4, 0.5) is 4.39 Å². The molecule has 19 heavy (non-hydrogen) atoms. The van der Waals surface area contributed by atoms with Crippen molar-refractivity contribution in [2.24, 2.45) is 0 Å². The molecule has 0 radical (unpaired) electrons. The van der Waals surface area contributed by atoms with E-state index in [1.807, 2.05) is 0 Å². The topological polar surface area (TPSA) is 57.7 Å². The molecular formula is C11H14ClFN2O3S. The lowest BCUT2D eigenvalue weighted by Gasteiger charge is -2.19. The molecule has 1 amide bonds. The summed E-state index contributed by atoms with van der Waals surface area (Å²) in [6.07, 6.45) is 0. The van der Waals surface area contributed by atoms with Crippen molar-refractivity contribution in [2.45, 2.75) is 4.90 Å². The number of benzene rings is 1. The minimum atomic E-state index is -3.87. The molecular weight excluding hydrogens is 295 g/mol. The highest BCUT2D eigenvalue weighted by molar-refractivity contribution is 7.89. The van der Waals surface area contributed by atoms with Crippen molar-refractivity contribution < 1.29 is 17.6 Å². The van der Waals surface area contributed by atoms with Crippen molar-refractivity contribution in [2.75, 3.05) is 27.7 Å². The molecule has 0 atom stereocenters. The number of likely N-dealkylation sites (N-methyl/N-ethyl adjacent to an activating group) is 2. The van der Waals surface area contributed by atoms with E-state index < -0.39 is 15.8 Å². The molecule has 1 aromatic rings. The maximum Gasteiger partial charge on any atom is 0.243 e. The normalized spacial score (nSPS) is 11.7. The lowest BCUT2D eigenvalue weighted by Crippen LogP contribution is -2.37. The third-order valence-corrected chi connectivity index (χ3v) is 4.55. The van der Waals surface area contributed by atoms with Crippen molar-refractivity contribution in [3.63, 3.8) is 0 Å². The number of carbonyl (C=O) groups is 1. The van der Waals surface area contributed by atoms with Crippen molar-refractivity contribution in [1.29, 1.82) is 0 Å². The molecule has 1 aromatic carbocycles. The first-order valence-corrected chi connectivity index (χ1v) is 7.09. The molecule has 0 fully saturated rings. The lowest BCUT2D eigenvalue weighted by atomic mass is 10.3. The zero-order valence-corrected chi connectivity index (χ0v) is 12.3. The van der Waals surface area contributed by atoms with E-state index in [0.29, 0.717) is 0 Å². The third kappa shape index (κ3) is 3.65. The molecule has 5 nitrogen and oxygen atoms in total. The van der Waals surface area contributed by atoms with E-state index >= 15 is 0 Å². The molecule has 0 aliphatic heterocycles. The summed E-state index contributed by atoms with van der Waals surface area (Å²) in [5.41, 5.74) is 0. The van der Waals surface area contributed by atoms with Crippen LogP contribution in [-0.4, -0.2) is 51.2 Å². The number of carbonyl (C=O) groups excluding carboxylic acids is 1. The molecule has 0 N–H and O–H groups in total. The average Bonchev–Trinajstić information content (AvgIpc) is 2.32. The van der Waals surface area contributed by atoms with Crippen molar-refractivity contribution >= 4 is 27.5 Å². The SMILES string of the molecule is CN(C)C(=O)CN(C)S(=O)(=O)c1ccc(F)c(Cl)c1. The van der Waals surface area contributed by atoms with Crippen LogP contribution < -0.4 is 0 Å². The largest absolute Gasteiger partial charge is 0.348 e. The zero-order valence-electron chi connectivity index (χ0n) is 10.7. The number of amides is 1. The van der Waals surface area contributed by atoms with Gasteiger partial charge in [-0.2, -0.15) is 4.31 Å². The minimum absolute atomic E-state index is 0.159. The monoisotopic (exact) mass is 308 g/mol. The second kappa shape index (κ2) is 5.85. The van der Waals surface area contributed by atoms with E-state index in [-0.39, 0.29) is 22.4 Å². The molecule has 8 heteroatoms. The van der Waals surface area contributed by atoms with Crippen LogP contribution in [0, 0.1) is 5.82 Å². The standard InChI is InChI=1S/C11H14ClFN2O3S/c1-14(2)11(16)7-15(3)19(17,18)8-4-5-10(13)9(12)6-8/h4-6H,7H2,1-3H3. The quantitative estimate of drug-likeness (QED) is 0.839. The van der Waals surface area contributed by atoms with Gasteiger partial charge in [-0.25, -0.2) is 12.8 Å². The summed E-state index contributed by atoms with van der Waals surface area (Å²) in [4.78, 5) is 12.6. The van der Waals surface area contributed by atoms with Gasteiger partial charge < -0.3 is 4.90 Å². The molecule has 106 valence electrons. The highest BCUT2D eigenvalue weighted by Crippen LogP contribution is 2.21. The maximum absolute atomic E-state index is 13.0. The fourth-order valence-corrected chi connectivity index (χ4v) is 2.63. The van der Waals surface area contributed by atoms with Gasteiger partial charge >= 0.3 is 0 Å². The van der Waals surface area contributed by atoms with E-state index in [1.165, 1.54) is 26.0 Å². The Balaban J connectivity index is 3.03. The predicted molar refractivity (Wildman–Crippen MR) is 69.9 cm³/mol. The highest BCUT2D eigenvalue weighted by Gasteiger charge is 2.24. The molecule has 0 heterocycles. The molecule has 0 saturated heterocycles. The van der Waals surface area contributed by atoms with Crippen LogP contribution in [-0.2, 0) is 14.8 Å². The molecule has 0 saturated carbocycles. The second-order valence-electron chi connectivity index (χ2n) is 4.13. The molecule has 0 spiro atoms. The summed E-state index contributed by atoms with van der Waals surface area (Å²) in [5, 5.41) is -0.284. The van der Waals surface area contributed by atoms with Crippen LogP contribution in [0.1, 0.15) is 0 Å². The first-order valence-electron chi connectivity index (χ1n) is 5.28. The number of hydrogen-bond acceptors (Lipinski definition) is 3. The molecule has 0 unspecified atom stereocenters. The number of sulfonamides is 1. The summed E-state index contributed by atoms with van der Waals surface area (Å²) < 4.78 is 38.1. The van der Waals surface area contributed by atoms with Crippen LogP contribution in [0.25, 0.3) is 0 Å². The smallest absolute Gasteiger partial charge is 0.243 e. The van der Waals surface area contributed by atoms with Gasteiger partial charge in [0.1, 0.15) is 5.82 Å². The van der Waals surface area contributed by atoms with E-state index in [9.17, 15) is 17.6 Å². The van der Waals surface area contributed by atoms with Crippen LogP contribution in [0.5, 0.6) is 0 Å². The van der Waals surface area contributed by atoms with Gasteiger partial charge in [-0.3, -0.25) is 4.79 Å². The Bertz CT molecular complexity index is 590. The Morgan fingerprint density at radius 1 is 1.32 bits per heavy atom. The van der Waals surface area contributed by atoms with Gasteiger partial charge in [-0.15, -0.1) is 0 Å². The highest BCUT2D eigenvalue weighted by atomic mass is 35.5. The predicted octanol–water partition coefficient (Wildman–Crippen LogP) is 1.19. The van der Waals surface area contributed by atoms with E-state index in [2.05, 4.69) is 0 Å². The summed E-state index contributed by atoms with van der Waals surface area (Å²) in [5.74, 6) is -1.06. The lowest BCUT2D eigenvalue weighted by molar-refractivity contribution is -0.128. The van der Waals surface area contributed by atoms with Gasteiger partial charge in [0.05, 0.1) is 16.5 Å². The summed E-state index contributed by atoms with van der Waals surface area (Å²) in [6, 6.07) is 3.09. The van der Waals surface area contributed by atoms with Crippen LogP contribution >= 0.6 is 11.6 Å². The second-order valence-corrected chi connectivity index (χ2v) is 6.58. The van der Waals surface area contributed by atoms with Gasteiger partial charge in [0.2, 0.25) is 15.9 Å². The van der Waals surface area contributed by atoms with Gasteiger partial charge in [0.25, 0.3) is 0 Å². The van der Waals surface area contributed by atoms with Gasteiger partial charge in [-0.1, -0.05) is 11.6 Å². The number of nitrogens with zero attached hydrogens (tertiary/aromatic N) is 2. The van der Waals surface area contributed by atoms with Crippen LogP contribution in [0.2, 0.25) is 5.02 Å². The molecule has 0 aliphatic carbocycles. The minimum Gasteiger partial charge on any atom is -0.348 e. The Hall–Kier alpha value is -1.18. The van der Waals surface area contributed by atoms with E-state index in [0.717, 1.165) is 22.5 Å². The van der Waals surface area contributed by atoms with Crippen molar-refractivity contribution in [1.82, 2.24) is 9.21 Å². The molecule has 0 aromatic heterocycles. The van der Waals surface area contributed by atoms with E-state index in [4.69, 9.17) is 11.6 Å².